The number of nitrogens with zero attached hydrogens (tertiary/aromatic N) is 3. The molecule has 2 aromatic heterocycles. The molecule has 0 radical (unpaired) electrons. The molecule has 0 spiro atoms. The van der Waals surface area contributed by atoms with Crippen molar-refractivity contribution >= 4 is 37.1 Å². The van der Waals surface area contributed by atoms with Crippen LogP contribution in [0.25, 0.3) is 11.0 Å². The molecule has 2 heterocycles. The zero-order valence-corrected chi connectivity index (χ0v) is 12.6. The Kier molecular flexibility index (Phi) is 1.90. The summed E-state index contributed by atoms with van der Waals surface area (Å²) >= 11 is 0.790. The SMILES string of the molecule is Cc1c[n]([Tl])c2ncnc(C3CC3)c12. The predicted molar refractivity (Wildman–Crippen MR) is 55.4 cm³/mol. The Bertz CT molecular complexity index is 499. The molecule has 1 aliphatic rings. The van der Waals surface area contributed by atoms with Crippen molar-refractivity contribution in [2.24, 2.45) is 0 Å². The molecule has 4 heteroatoms. The Morgan fingerprint density at radius 3 is 2.93 bits per heavy atom. The molecule has 0 aliphatic heterocycles. The van der Waals surface area contributed by atoms with Crippen molar-refractivity contribution in [1.82, 2.24) is 12.3 Å². The van der Waals surface area contributed by atoms with Gasteiger partial charge in [0.25, 0.3) is 0 Å². The summed E-state index contributed by atoms with van der Waals surface area (Å²) in [5, 5.41) is 1.32. The number of aromatic nitrogens is 3. The van der Waals surface area contributed by atoms with Gasteiger partial charge in [-0.1, -0.05) is 0 Å². The summed E-state index contributed by atoms with van der Waals surface area (Å²) in [5.74, 6) is 0.714. The molecule has 68 valence electrons. The molecule has 1 fully saturated rings. The molecule has 3 nitrogen and oxygen atoms in total. The minimum atomic E-state index is 0.714. The van der Waals surface area contributed by atoms with Crippen LogP contribution in [0.15, 0.2) is 12.5 Å². The number of hydrogen-bond donors (Lipinski definition) is 0. The Balaban J connectivity index is 2.38. The monoisotopic (exact) mass is 377 g/mol. The second-order valence-corrected chi connectivity index (χ2v) is 6.11. The van der Waals surface area contributed by atoms with Crippen molar-refractivity contribution in [3.8, 4) is 0 Å². The molecule has 0 atom stereocenters. The van der Waals surface area contributed by atoms with Gasteiger partial charge in [-0.2, -0.15) is 0 Å². The van der Waals surface area contributed by atoms with E-state index in [4.69, 9.17) is 0 Å². The van der Waals surface area contributed by atoms with Gasteiger partial charge in [0.15, 0.2) is 0 Å². The van der Waals surface area contributed by atoms with Crippen LogP contribution in [-0.4, -0.2) is 38.4 Å². The molecule has 3 rings (SSSR count). The van der Waals surface area contributed by atoms with E-state index in [0.29, 0.717) is 5.92 Å². The second-order valence-electron chi connectivity index (χ2n) is 3.95. The molecule has 14 heavy (non-hydrogen) atoms. The summed E-state index contributed by atoms with van der Waals surface area (Å²) in [4.78, 5) is 8.80. The fourth-order valence-corrected chi connectivity index (χ4v) is 3.59. The molecule has 0 unspecified atom stereocenters. The van der Waals surface area contributed by atoms with E-state index in [2.05, 4.69) is 25.5 Å². The Morgan fingerprint density at radius 1 is 1.43 bits per heavy atom. The van der Waals surface area contributed by atoms with Crippen LogP contribution < -0.4 is 0 Å². The van der Waals surface area contributed by atoms with E-state index in [9.17, 15) is 0 Å². The third-order valence-corrected chi connectivity index (χ3v) is 4.32. The first-order valence-electron chi connectivity index (χ1n) is 4.85. The van der Waals surface area contributed by atoms with Crippen LogP contribution >= 0.6 is 0 Å². The summed E-state index contributed by atoms with van der Waals surface area (Å²) in [7, 11) is 0. The summed E-state index contributed by atoms with van der Waals surface area (Å²) in [5.41, 5.74) is 3.77. The van der Waals surface area contributed by atoms with Gasteiger partial charge in [-0.3, -0.25) is 0 Å². The van der Waals surface area contributed by atoms with Crippen molar-refractivity contribution in [2.75, 3.05) is 0 Å². The summed E-state index contributed by atoms with van der Waals surface area (Å²) in [6.45, 7) is 2.16. The van der Waals surface area contributed by atoms with Gasteiger partial charge >= 0.3 is 98.9 Å². The average Bonchev–Trinajstić information content (AvgIpc) is 2.96. The number of rotatable bonds is 1. The Morgan fingerprint density at radius 2 is 2.21 bits per heavy atom. The van der Waals surface area contributed by atoms with E-state index in [-0.39, 0.29) is 0 Å². The van der Waals surface area contributed by atoms with E-state index in [1.807, 2.05) is 0 Å². The first-order chi connectivity index (χ1) is 6.77. The first kappa shape index (κ1) is 8.82. The summed E-state index contributed by atoms with van der Waals surface area (Å²) < 4.78 is 2.25. The molecule has 2 aromatic rings. The van der Waals surface area contributed by atoms with E-state index >= 15 is 0 Å². The van der Waals surface area contributed by atoms with Crippen LogP contribution in [0.5, 0.6) is 0 Å². The molecule has 0 bridgehead atoms. The second kappa shape index (κ2) is 3.01. The zero-order valence-electron chi connectivity index (χ0n) is 8.07. The van der Waals surface area contributed by atoms with Crippen LogP contribution in [-0.2, 0) is 0 Å². The van der Waals surface area contributed by atoms with Gasteiger partial charge in [-0.15, -0.1) is 0 Å². The molecular weight excluding hydrogens is 367 g/mol. The molecule has 0 amide bonds. The maximum absolute atomic E-state index is 4.44. The minimum absolute atomic E-state index is 0.714. The fourth-order valence-electron chi connectivity index (χ4n) is 1.96. The fraction of sp³-hybridized carbons (Fsp3) is 0.400. The van der Waals surface area contributed by atoms with Crippen LogP contribution in [0.3, 0.4) is 0 Å². The molecule has 1 saturated carbocycles. The van der Waals surface area contributed by atoms with Gasteiger partial charge < -0.3 is 0 Å². The van der Waals surface area contributed by atoms with E-state index in [0.717, 1.165) is 31.7 Å². The first-order valence-corrected chi connectivity index (χ1v) is 6.85. The predicted octanol–water partition coefficient (Wildman–Crippen LogP) is 1.55. The zero-order chi connectivity index (χ0) is 9.71. The van der Waals surface area contributed by atoms with Crippen molar-refractivity contribution in [2.45, 2.75) is 25.7 Å². The van der Waals surface area contributed by atoms with Crippen LogP contribution in [0, 0.1) is 6.92 Å². The molecular formula is C10H10N3Tl. The maximum atomic E-state index is 4.44. The average molecular weight is 377 g/mol. The van der Waals surface area contributed by atoms with Gasteiger partial charge in [-0.25, -0.2) is 0 Å². The van der Waals surface area contributed by atoms with Crippen molar-refractivity contribution in [3.63, 3.8) is 0 Å². The standard InChI is InChI=1S/C10H10N3.Tl/c1-6-4-11-10-8(6)9(7-2-3-7)12-5-13-10;/h4-5,7H,2-3H2,1H3;/q-1;+1. The van der Waals surface area contributed by atoms with Crippen molar-refractivity contribution in [1.29, 1.82) is 0 Å². The third-order valence-electron chi connectivity index (χ3n) is 2.79. The number of fused-ring (bicyclic) bond motifs is 1. The molecule has 0 N–H and O–H groups in total. The van der Waals surface area contributed by atoms with Crippen molar-refractivity contribution in [3.05, 3.63) is 23.8 Å². The Hall–Kier alpha value is -0.458. The molecule has 1 aliphatic carbocycles. The van der Waals surface area contributed by atoms with Crippen LogP contribution in [0.1, 0.15) is 30.0 Å². The van der Waals surface area contributed by atoms with Gasteiger partial charge in [0.2, 0.25) is 0 Å². The van der Waals surface area contributed by atoms with Gasteiger partial charge in [0, 0.05) is 0 Å². The Labute approximate surface area is 98.7 Å². The van der Waals surface area contributed by atoms with Crippen molar-refractivity contribution < 1.29 is 0 Å². The number of hydrogen-bond acceptors (Lipinski definition) is 2. The van der Waals surface area contributed by atoms with E-state index in [1.165, 1.54) is 29.5 Å². The van der Waals surface area contributed by atoms with E-state index < -0.39 is 0 Å². The van der Waals surface area contributed by atoms with Crippen LogP contribution in [0.2, 0.25) is 0 Å². The van der Waals surface area contributed by atoms with Crippen LogP contribution in [0.4, 0.5) is 0 Å². The van der Waals surface area contributed by atoms with E-state index in [1.54, 1.807) is 6.33 Å². The third kappa shape index (κ3) is 1.21. The van der Waals surface area contributed by atoms with Gasteiger partial charge in [0.05, 0.1) is 0 Å². The van der Waals surface area contributed by atoms with Gasteiger partial charge in [0.1, 0.15) is 0 Å². The number of aryl methyl sites for hydroxylation is 1. The molecule has 0 saturated heterocycles. The summed E-state index contributed by atoms with van der Waals surface area (Å²) in [6, 6.07) is 0. The quantitative estimate of drug-likeness (QED) is 0.707. The molecule has 0 aromatic carbocycles. The van der Waals surface area contributed by atoms with Gasteiger partial charge in [-0.05, 0) is 0 Å². The topological polar surface area (TPSA) is 30.7 Å². The normalized spacial score (nSPS) is 16.3. The summed E-state index contributed by atoms with van der Waals surface area (Å²) in [6.07, 6.45) is 6.53.